The molecular weight excluding hydrogens is 276 g/mol. The quantitative estimate of drug-likeness (QED) is 0.932. The standard InChI is InChI=1S/C17H26N4O/c1-12-7-9-21(10-8-12)17-18-13(2)11-15(20-17)16(22)19-14-5-3-4-6-14/h11-12,14H,3-10H2,1-2H3,(H,19,22). The molecule has 22 heavy (non-hydrogen) atoms. The highest BCUT2D eigenvalue weighted by molar-refractivity contribution is 5.92. The number of anilines is 1. The van der Waals surface area contributed by atoms with Gasteiger partial charge in [-0.05, 0) is 44.6 Å². The first-order valence-electron chi connectivity index (χ1n) is 8.53. The van der Waals surface area contributed by atoms with Crippen LogP contribution in [0.4, 0.5) is 5.95 Å². The van der Waals surface area contributed by atoms with Crippen molar-refractivity contribution in [3.8, 4) is 0 Å². The zero-order chi connectivity index (χ0) is 15.5. The molecule has 1 N–H and O–H groups in total. The van der Waals surface area contributed by atoms with Crippen molar-refractivity contribution in [2.75, 3.05) is 18.0 Å². The lowest BCUT2D eigenvalue weighted by molar-refractivity contribution is 0.0932. The van der Waals surface area contributed by atoms with Crippen LogP contribution in [0.25, 0.3) is 0 Å². The van der Waals surface area contributed by atoms with Crippen molar-refractivity contribution in [3.05, 3.63) is 17.5 Å². The Kier molecular flexibility index (Phi) is 4.60. The Morgan fingerprint density at radius 3 is 2.55 bits per heavy atom. The highest BCUT2D eigenvalue weighted by Gasteiger charge is 2.22. The fraction of sp³-hybridized carbons (Fsp3) is 0.706. The summed E-state index contributed by atoms with van der Waals surface area (Å²) in [5.74, 6) is 1.43. The maximum absolute atomic E-state index is 12.4. The van der Waals surface area contributed by atoms with Crippen LogP contribution in [0.3, 0.4) is 0 Å². The SMILES string of the molecule is Cc1cc(C(=O)NC2CCCC2)nc(N2CCC(C)CC2)n1. The summed E-state index contributed by atoms with van der Waals surface area (Å²) in [5.41, 5.74) is 1.37. The van der Waals surface area contributed by atoms with Gasteiger partial charge in [0.25, 0.3) is 5.91 Å². The van der Waals surface area contributed by atoms with E-state index in [1.165, 1.54) is 25.7 Å². The van der Waals surface area contributed by atoms with Crippen molar-refractivity contribution in [1.82, 2.24) is 15.3 Å². The number of nitrogens with one attached hydrogen (secondary N) is 1. The molecule has 1 aromatic heterocycles. The first-order valence-corrected chi connectivity index (χ1v) is 8.53. The number of rotatable bonds is 3. The number of aromatic nitrogens is 2. The van der Waals surface area contributed by atoms with E-state index in [1.54, 1.807) is 6.07 Å². The minimum absolute atomic E-state index is 0.0518. The molecule has 0 spiro atoms. The van der Waals surface area contributed by atoms with Crippen LogP contribution in [0.15, 0.2) is 6.07 Å². The largest absolute Gasteiger partial charge is 0.348 e. The Morgan fingerprint density at radius 2 is 1.86 bits per heavy atom. The third kappa shape index (κ3) is 3.57. The van der Waals surface area contributed by atoms with Gasteiger partial charge in [-0.3, -0.25) is 4.79 Å². The number of carbonyl (C=O) groups excluding carboxylic acids is 1. The molecule has 0 bridgehead atoms. The molecule has 0 atom stereocenters. The molecule has 0 radical (unpaired) electrons. The third-order valence-corrected chi connectivity index (χ3v) is 4.83. The van der Waals surface area contributed by atoms with E-state index in [9.17, 15) is 4.79 Å². The smallest absolute Gasteiger partial charge is 0.270 e. The highest BCUT2D eigenvalue weighted by atomic mass is 16.1. The van der Waals surface area contributed by atoms with Crippen LogP contribution in [0, 0.1) is 12.8 Å². The van der Waals surface area contributed by atoms with Gasteiger partial charge in [0.05, 0.1) is 0 Å². The molecule has 0 aromatic carbocycles. The molecule has 2 heterocycles. The second-order valence-electron chi connectivity index (χ2n) is 6.82. The lowest BCUT2D eigenvalue weighted by Gasteiger charge is -2.30. The van der Waals surface area contributed by atoms with E-state index in [1.807, 2.05) is 6.92 Å². The normalized spacial score (nSPS) is 20.4. The topological polar surface area (TPSA) is 58.1 Å². The number of nitrogens with zero attached hydrogens (tertiary/aromatic N) is 3. The second-order valence-corrected chi connectivity index (χ2v) is 6.82. The van der Waals surface area contributed by atoms with E-state index in [-0.39, 0.29) is 5.91 Å². The second kappa shape index (κ2) is 6.63. The summed E-state index contributed by atoms with van der Waals surface area (Å²) in [4.78, 5) is 23.7. The van der Waals surface area contributed by atoms with Crippen LogP contribution >= 0.6 is 0 Å². The van der Waals surface area contributed by atoms with Crippen molar-refractivity contribution in [1.29, 1.82) is 0 Å². The number of carbonyl (C=O) groups is 1. The van der Waals surface area contributed by atoms with E-state index in [0.717, 1.165) is 37.5 Å². The number of hydrogen-bond donors (Lipinski definition) is 1. The molecule has 1 aromatic rings. The monoisotopic (exact) mass is 302 g/mol. The van der Waals surface area contributed by atoms with Gasteiger partial charge in [-0.2, -0.15) is 0 Å². The van der Waals surface area contributed by atoms with E-state index in [2.05, 4.69) is 27.1 Å². The summed E-state index contributed by atoms with van der Waals surface area (Å²) in [6, 6.07) is 2.11. The Labute approximate surface area is 132 Å². The summed E-state index contributed by atoms with van der Waals surface area (Å²) in [6.45, 7) is 6.18. The zero-order valence-electron chi connectivity index (χ0n) is 13.6. The number of amides is 1. The van der Waals surface area contributed by atoms with E-state index >= 15 is 0 Å². The summed E-state index contributed by atoms with van der Waals surface area (Å²) in [7, 11) is 0. The van der Waals surface area contributed by atoms with Crippen LogP contribution in [-0.4, -0.2) is 35.0 Å². The fourth-order valence-corrected chi connectivity index (χ4v) is 3.35. The minimum atomic E-state index is -0.0518. The maximum Gasteiger partial charge on any atom is 0.270 e. The van der Waals surface area contributed by atoms with Gasteiger partial charge in [-0.15, -0.1) is 0 Å². The third-order valence-electron chi connectivity index (χ3n) is 4.83. The Bertz CT molecular complexity index is 531. The van der Waals surface area contributed by atoms with Gasteiger partial charge in [0, 0.05) is 24.8 Å². The lowest BCUT2D eigenvalue weighted by atomic mass is 10.00. The molecule has 1 aliphatic heterocycles. The van der Waals surface area contributed by atoms with Crippen molar-refractivity contribution >= 4 is 11.9 Å². The zero-order valence-corrected chi connectivity index (χ0v) is 13.6. The number of piperidine rings is 1. The minimum Gasteiger partial charge on any atom is -0.348 e. The van der Waals surface area contributed by atoms with Gasteiger partial charge >= 0.3 is 0 Å². The van der Waals surface area contributed by atoms with E-state index in [0.29, 0.717) is 17.7 Å². The van der Waals surface area contributed by atoms with E-state index < -0.39 is 0 Å². The predicted molar refractivity (Wildman–Crippen MR) is 87.1 cm³/mol. The van der Waals surface area contributed by atoms with Crippen molar-refractivity contribution in [2.24, 2.45) is 5.92 Å². The molecule has 3 rings (SSSR count). The fourth-order valence-electron chi connectivity index (χ4n) is 3.35. The molecule has 120 valence electrons. The summed E-state index contributed by atoms with van der Waals surface area (Å²) >= 11 is 0. The van der Waals surface area contributed by atoms with Crippen molar-refractivity contribution in [3.63, 3.8) is 0 Å². The Hall–Kier alpha value is -1.65. The molecular formula is C17H26N4O. The molecule has 5 heteroatoms. The number of hydrogen-bond acceptors (Lipinski definition) is 4. The predicted octanol–water partition coefficient (Wildman–Crippen LogP) is 2.69. The van der Waals surface area contributed by atoms with Crippen LogP contribution < -0.4 is 10.2 Å². The molecule has 0 unspecified atom stereocenters. The van der Waals surface area contributed by atoms with Gasteiger partial charge in [-0.1, -0.05) is 19.8 Å². The van der Waals surface area contributed by atoms with Crippen molar-refractivity contribution in [2.45, 2.75) is 58.4 Å². The van der Waals surface area contributed by atoms with E-state index in [4.69, 9.17) is 0 Å². The van der Waals surface area contributed by atoms with Gasteiger partial charge < -0.3 is 10.2 Å². The Morgan fingerprint density at radius 1 is 1.18 bits per heavy atom. The van der Waals surface area contributed by atoms with Gasteiger partial charge in [0.2, 0.25) is 5.95 Å². The maximum atomic E-state index is 12.4. The summed E-state index contributed by atoms with van der Waals surface area (Å²) in [5, 5.41) is 3.11. The first kappa shape index (κ1) is 15.3. The number of aryl methyl sites for hydroxylation is 1. The van der Waals surface area contributed by atoms with Gasteiger partial charge in [-0.25, -0.2) is 9.97 Å². The van der Waals surface area contributed by atoms with Crippen molar-refractivity contribution < 1.29 is 4.79 Å². The molecule has 2 aliphatic rings. The Balaban J connectivity index is 1.72. The average Bonchev–Trinajstić information content (AvgIpc) is 3.00. The molecule has 2 fully saturated rings. The molecule has 1 saturated heterocycles. The van der Waals surface area contributed by atoms with Gasteiger partial charge in [0.15, 0.2) is 0 Å². The molecule has 5 nitrogen and oxygen atoms in total. The lowest BCUT2D eigenvalue weighted by Crippen LogP contribution is -2.36. The summed E-state index contributed by atoms with van der Waals surface area (Å²) < 4.78 is 0. The molecule has 1 aliphatic carbocycles. The first-order chi connectivity index (χ1) is 10.6. The van der Waals surface area contributed by atoms with Crippen LogP contribution in [0.1, 0.15) is 61.6 Å². The van der Waals surface area contributed by atoms with Crippen LogP contribution in [0.2, 0.25) is 0 Å². The highest BCUT2D eigenvalue weighted by Crippen LogP contribution is 2.21. The molecule has 1 amide bonds. The van der Waals surface area contributed by atoms with Gasteiger partial charge in [0.1, 0.15) is 5.69 Å². The molecule has 1 saturated carbocycles. The average molecular weight is 302 g/mol. The van der Waals surface area contributed by atoms with Crippen LogP contribution in [-0.2, 0) is 0 Å². The summed E-state index contributed by atoms with van der Waals surface area (Å²) in [6.07, 6.45) is 6.94. The van der Waals surface area contributed by atoms with Crippen LogP contribution in [0.5, 0.6) is 0 Å².